The van der Waals surface area contributed by atoms with Gasteiger partial charge >= 0.3 is 0 Å². The van der Waals surface area contributed by atoms with Crippen LogP contribution >= 0.6 is 0 Å². The monoisotopic (exact) mass is 292 g/mol. The van der Waals surface area contributed by atoms with Crippen molar-refractivity contribution in [1.82, 2.24) is 15.0 Å². The summed E-state index contributed by atoms with van der Waals surface area (Å²) in [6.07, 6.45) is 7.29. The number of rotatable bonds is 3. The van der Waals surface area contributed by atoms with Crippen LogP contribution in [-0.4, -0.2) is 28.0 Å². The molecule has 22 heavy (non-hydrogen) atoms. The van der Waals surface area contributed by atoms with E-state index < -0.39 is 0 Å². The molecule has 0 radical (unpaired) electrons. The highest BCUT2D eigenvalue weighted by Gasteiger charge is 2.21. The lowest BCUT2D eigenvalue weighted by atomic mass is 9.94. The van der Waals surface area contributed by atoms with Gasteiger partial charge in [-0.25, -0.2) is 4.98 Å². The molecule has 1 N–H and O–H groups in total. The summed E-state index contributed by atoms with van der Waals surface area (Å²) >= 11 is 0. The number of H-pyrrole nitrogens is 1. The van der Waals surface area contributed by atoms with Crippen LogP contribution in [0.25, 0.3) is 11.0 Å². The van der Waals surface area contributed by atoms with Crippen LogP contribution in [0.3, 0.4) is 0 Å². The average Bonchev–Trinajstić information content (AvgIpc) is 2.98. The van der Waals surface area contributed by atoms with Gasteiger partial charge < -0.3 is 9.88 Å². The van der Waals surface area contributed by atoms with E-state index in [-0.39, 0.29) is 0 Å². The molecule has 1 aliphatic rings. The Morgan fingerprint density at radius 2 is 2.00 bits per heavy atom. The number of pyridine rings is 1. The third-order valence-electron chi connectivity index (χ3n) is 4.47. The van der Waals surface area contributed by atoms with Gasteiger partial charge in [0.15, 0.2) is 0 Å². The number of para-hydroxylation sites is 2. The fourth-order valence-electron chi connectivity index (χ4n) is 3.40. The van der Waals surface area contributed by atoms with Crippen molar-refractivity contribution in [2.24, 2.45) is 5.92 Å². The molecule has 1 saturated heterocycles. The van der Waals surface area contributed by atoms with Crippen LogP contribution < -0.4 is 4.90 Å². The maximum Gasteiger partial charge on any atom is 0.107 e. The molecule has 4 nitrogen and oxygen atoms in total. The third kappa shape index (κ3) is 2.69. The molecule has 1 aromatic carbocycles. The van der Waals surface area contributed by atoms with E-state index in [1.54, 1.807) is 0 Å². The fourth-order valence-corrected chi connectivity index (χ4v) is 3.40. The molecular formula is C18H20N4. The minimum Gasteiger partial charge on any atom is -0.371 e. The molecule has 1 atom stereocenters. The molecule has 4 rings (SSSR count). The minimum atomic E-state index is 0.655. The van der Waals surface area contributed by atoms with Crippen LogP contribution in [0.15, 0.2) is 48.8 Å². The van der Waals surface area contributed by atoms with Gasteiger partial charge in [-0.1, -0.05) is 12.1 Å². The lowest BCUT2D eigenvalue weighted by molar-refractivity contribution is 0.407. The van der Waals surface area contributed by atoms with Crippen molar-refractivity contribution >= 4 is 16.7 Å². The quantitative estimate of drug-likeness (QED) is 0.804. The molecule has 1 fully saturated rings. The molecule has 3 aromatic rings. The normalized spacial score (nSPS) is 18.7. The molecule has 0 spiro atoms. The summed E-state index contributed by atoms with van der Waals surface area (Å²) in [7, 11) is 0. The van der Waals surface area contributed by atoms with Crippen molar-refractivity contribution in [2.75, 3.05) is 18.0 Å². The molecule has 0 unspecified atom stereocenters. The van der Waals surface area contributed by atoms with E-state index in [1.807, 2.05) is 18.5 Å². The second-order valence-corrected chi connectivity index (χ2v) is 6.06. The Hall–Kier alpha value is -2.36. The predicted octanol–water partition coefficient (Wildman–Crippen LogP) is 3.42. The van der Waals surface area contributed by atoms with E-state index in [4.69, 9.17) is 4.98 Å². The SMILES string of the molecule is c1ccc2[nH]c(C[C@H]3CCCN(c4ccncc4)C3)nc2c1. The highest BCUT2D eigenvalue weighted by Crippen LogP contribution is 2.25. The van der Waals surface area contributed by atoms with E-state index >= 15 is 0 Å². The van der Waals surface area contributed by atoms with Crippen molar-refractivity contribution in [1.29, 1.82) is 0 Å². The standard InChI is InChI=1S/C18H20N4/c1-2-6-17-16(5-1)20-18(21-17)12-14-4-3-11-22(13-14)15-7-9-19-10-8-15/h1-2,5-10,14H,3-4,11-13H2,(H,20,21)/t14-/m1/s1. The Morgan fingerprint density at radius 3 is 2.86 bits per heavy atom. The van der Waals surface area contributed by atoms with Gasteiger partial charge in [0, 0.05) is 37.6 Å². The first-order valence-corrected chi connectivity index (χ1v) is 7.97. The molecule has 0 aliphatic carbocycles. The Labute approximate surface area is 130 Å². The molecule has 0 amide bonds. The van der Waals surface area contributed by atoms with Crippen molar-refractivity contribution in [3.05, 3.63) is 54.6 Å². The first-order chi connectivity index (χ1) is 10.9. The highest BCUT2D eigenvalue weighted by molar-refractivity contribution is 5.74. The van der Waals surface area contributed by atoms with E-state index in [1.165, 1.54) is 18.5 Å². The summed E-state index contributed by atoms with van der Waals surface area (Å²) in [4.78, 5) is 14.8. The molecule has 0 saturated carbocycles. The fraction of sp³-hybridized carbons (Fsp3) is 0.333. The summed E-state index contributed by atoms with van der Waals surface area (Å²) in [5.41, 5.74) is 3.49. The maximum absolute atomic E-state index is 4.72. The number of anilines is 1. The smallest absolute Gasteiger partial charge is 0.107 e. The second kappa shape index (κ2) is 5.79. The molecule has 2 aromatic heterocycles. The molecule has 3 heterocycles. The van der Waals surface area contributed by atoms with Gasteiger partial charge in [0.05, 0.1) is 11.0 Å². The molecular weight excluding hydrogens is 272 g/mol. The van der Waals surface area contributed by atoms with E-state index in [2.05, 4.69) is 45.2 Å². The zero-order chi connectivity index (χ0) is 14.8. The lowest BCUT2D eigenvalue weighted by Crippen LogP contribution is -2.36. The van der Waals surface area contributed by atoms with Gasteiger partial charge in [-0.3, -0.25) is 4.98 Å². The molecule has 0 bridgehead atoms. The Balaban J connectivity index is 1.48. The number of imidazole rings is 1. The van der Waals surface area contributed by atoms with Crippen LogP contribution in [-0.2, 0) is 6.42 Å². The number of nitrogens with one attached hydrogen (secondary N) is 1. The van der Waals surface area contributed by atoms with Gasteiger partial charge in [-0.15, -0.1) is 0 Å². The summed E-state index contributed by atoms with van der Waals surface area (Å²) < 4.78 is 0. The van der Waals surface area contributed by atoms with Crippen LogP contribution in [0.5, 0.6) is 0 Å². The van der Waals surface area contributed by atoms with Crippen LogP contribution in [0, 0.1) is 5.92 Å². The highest BCUT2D eigenvalue weighted by atomic mass is 15.1. The number of piperidine rings is 1. The molecule has 4 heteroatoms. The number of hydrogen-bond acceptors (Lipinski definition) is 3. The van der Waals surface area contributed by atoms with Crippen molar-refractivity contribution in [2.45, 2.75) is 19.3 Å². The van der Waals surface area contributed by atoms with Crippen molar-refractivity contribution in [3.8, 4) is 0 Å². The number of fused-ring (bicyclic) bond motifs is 1. The van der Waals surface area contributed by atoms with Crippen molar-refractivity contribution < 1.29 is 0 Å². The molecule has 1 aliphatic heterocycles. The van der Waals surface area contributed by atoms with Gasteiger partial charge in [-0.2, -0.15) is 0 Å². The topological polar surface area (TPSA) is 44.8 Å². The predicted molar refractivity (Wildman–Crippen MR) is 89.0 cm³/mol. The first kappa shape index (κ1) is 13.3. The van der Waals surface area contributed by atoms with Crippen LogP contribution in [0.4, 0.5) is 5.69 Å². The van der Waals surface area contributed by atoms with Gasteiger partial charge in [-0.05, 0) is 43.0 Å². The van der Waals surface area contributed by atoms with E-state index in [0.29, 0.717) is 5.92 Å². The van der Waals surface area contributed by atoms with E-state index in [0.717, 1.165) is 36.4 Å². The van der Waals surface area contributed by atoms with Gasteiger partial charge in [0.2, 0.25) is 0 Å². The number of nitrogens with zero attached hydrogens (tertiary/aromatic N) is 3. The second-order valence-electron chi connectivity index (χ2n) is 6.06. The largest absolute Gasteiger partial charge is 0.371 e. The maximum atomic E-state index is 4.72. The number of benzene rings is 1. The summed E-state index contributed by atoms with van der Waals surface area (Å²) in [5, 5.41) is 0. The van der Waals surface area contributed by atoms with Gasteiger partial charge in [0.1, 0.15) is 5.82 Å². The summed E-state index contributed by atoms with van der Waals surface area (Å²) in [6, 6.07) is 12.5. The Morgan fingerprint density at radius 1 is 1.14 bits per heavy atom. The summed E-state index contributed by atoms with van der Waals surface area (Å²) in [5.74, 6) is 1.77. The van der Waals surface area contributed by atoms with Crippen LogP contribution in [0.1, 0.15) is 18.7 Å². The zero-order valence-electron chi connectivity index (χ0n) is 12.6. The van der Waals surface area contributed by atoms with E-state index in [9.17, 15) is 0 Å². The minimum absolute atomic E-state index is 0.655. The van der Waals surface area contributed by atoms with Crippen LogP contribution in [0.2, 0.25) is 0 Å². The Kier molecular flexibility index (Phi) is 3.51. The van der Waals surface area contributed by atoms with Gasteiger partial charge in [0.25, 0.3) is 0 Å². The zero-order valence-corrected chi connectivity index (χ0v) is 12.6. The van der Waals surface area contributed by atoms with Crippen molar-refractivity contribution in [3.63, 3.8) is 0 Å². The third-order valence-corrected chi connectivity index (χ3v) is 4.47. The first-order valence-electron chi connectivity index (χ1n) is 7.97. The molecule has 112 valence electrons. The Bertz CT molecular complexity index is 717. The lowest BCUT2D eigenvalue weighted by Gasteiger charge is -2.34. The number of aromatic amines is 1. The number of hydrogen-bond donors (Lipinski definition) is 1. The summed E-state index contributed by atoms with van der Waals surface area (Å²) in [6.45, 7) is 2.24. The average molecular weight is 292 g/mol. The number of aromatic nitrogens is 3.